The molecule has 10 nitrogen and oxygen atoms in total. The van der Waals surface area contributed by atoms with Crippen LogP contribution < -0.4 is 14.8 Å². The maximum atomic E-state index is 12.5. The Kier molecular flexibility index (Phi) is 12.0. The molecule has 1 saturated heterocycles. The van der Waals surface area contributed by atoms with Gasteiger partial charge in [0.25, 0.3) is 0 Å². The van der Waals surface area contributed by atoms with Crippen molar-refractivity contribution in [2.24, 2.45) is 0 Å². The van der Waals surface area contributed by atoms with Crippen molar-refractivity contribution in [3.63, 3.8) is 0 Å². The third-order valence-corrected chi connectivity index (χ3v) is 7.28. The minimum atomic E-state index is -1.00. The zero-order valence-corrected chi connectivity index (χ0v) is 25.0. The average molecular weight is 586 g/mol. The van der Waals surface area contributed by atoms with Crippen LogP contribution in [0.5, 0.6) is 11.5 Å². The van der Waals surface area contributed by atoms with Crippen molar-refractivity contribution in [3.05, 3.63) is 59.7 Å². The van der Waals surface area contributed by atoms with Crippen molar-refractivity contribution in [1.29, 1.82) is 0 Å². The second-order valence-corrected chi connectivity index (χ2v) is 12.0. The Balaban J connectivity index is 1.60. The maximum Gasteiger partial charge on any atom is 0.408 e. The fourth-order valence-corrected chi connectivity index (χ4v) is 5.47. The van der Waals surface area contributed by atoms with Crippen LogP contribution in [0.1, 0.15) is 57.6 Å². The first kappa shape index (κ1) is 32.7. The lowest BCUT2D eigenvalue weighted by Gasteiger charge is -2.45. The van der Waals surface area contributed by atoms with E-state index in [4.69, 9.17) is 24.4 Å². The Morgan fingerprint density at radius 3 is 1.74 bits per heavy atom. The summed E-state index contributed by atoms with van der Waals surface area (Å²) >= 11 is 0. The van der Waals surface area contributed by atoms with Crippen LogP contribution in [0.4, 0.5) is 4.79 Å². The van der Waals surface area contributed by atoms with E-state index in [9.17, 15) is 14.4 Å². The molecule has 3 N–H and O–H groups in total. The van der Waals surface area contributed by atoms with Gasteiger partial charge in [-0.2, -0.15) is 0 Å². The number of piperidine rings is 1. The molecule has 1 atom stereocenters. The van der Waals surface area contributed by atoms with Crippen molar-refractivity contribution in [1.82, 2.24) is 5.32 Å². The number of benzene rings is 2. The van der Waals surface area contributed by atoms with Gasteiger partial charge in [0.1, 0.15) is 17.1 Å². The number of hydrogen-bond acceptors (Lipinski definition) is 6. The number of nitrogens with zero attached hydrogens (tertiary/aromatic N) is 1. The number of amides is 1. The zero-order valence-electron chi connectivity index (χ0n) is 25.0. The second kappa shape index (κ2) is 15.4. The van der Waals surface area contributed by atoms with Gasteiger partial charge in [0.15, 0.2) is 13.2 Å². The van der Waals surface area contributed by atoms with Crippen molar-refractivity contribution >= 4 is 18.0 Å². The van der Waals surface area contributed by atoms with Gasteiger partial charge < -0.3 is 34.2 Å². The summed E-state index contributed by atoms with van der Waals surface area (Å²) in [5, 5.41) is 20.7. The summed E-state index contributed by atoms with van der Waals surface area (Å²) in [5.74, 6) is -0.928. The summed E-state index contributed by atoms with van der Waals surface area (Å²) in [5.41, 5.74) is 1.79. The number of carboxylic acids is 2. The molecular weight excluding hydrogens is 540 g/mol. The second-order valence-electron chi connectivity index (χ2n) is 12.0. The number of hydrogen-bond donors (Lipinski definition) is 3. The van der Waals surface area contributed by atoms with E-state index in [0.29, 0.717) is 11.5 Å². The molecule has 0 aliphatic carbocycles. The molecule has 2 aromatic rings. The molecule has 1 aliphatic heterocycles. The van der Waals surface area contributed by atoms with Gasteiger partial charge in [0.2, 0.25) is 0 Å². The molecule has 1 amide bonds. The Morgan fingerprint density at radius 1 is 0.833 bits per heavy atom. The van der Waals surface area contributed by atoms with Crippen LogP contribution in [-0.4, -0.2) is 83.8 Å². The highest BCUT2D eigenvalue weighted by Crippen LogP contribution is 2.24. The van der Waals surface area contributed by atoms with E-state index >= 15 is 0 Å². The van der Waals surface area contributed by atoms with Crippen molar-refractivity contribution in [2.45, 2.75) is 70.9 Å². The van der Waals surface area contributed by atoms with E-state index in [2.05, 4.69) is 5.32 Å². The molecule has 0 bridgehead atoms. The number of aryl methyl sites for hydroxylation is 2. The van der Waals surface area contributed by atoms with E-state index in [0.717, 1.165) is 69.2 Å². The summed E-state index contributed by atoms with van der Waals surface area (Å²) < 4.78 is 16.9. The Labute approximate surface area is 248 Å². The van der Waals surface area contributed by atoms with Gasteiger partial charge >= 0.3 is 18.0 Å². The van der Waals surface area contributed by atoms with Crippen molar-refractivity contribution in [2.75, 3.05) is 39.4 Å². The third-order valence-electron chi connectivity index (χ3n) is 7.28. The number of nitrogens with one attached hydrogen (secondary N) is 1. The number of carbonyl (C=O) groups excluding carboxylic acids is 1. The molecule has 0 saturated carbocycles. The molecule has 1 fully saturated rings. The highest BCUT2D eigenvalue weighted by Gasteiger charge is 2.35. The van der Waals surface area contributed by atoms with Gasteiger partial charge in [0.05, 0.1) is 32.2 Å². The van der Waals surface area contributed by atoms with Crippen LogP contribution in [0.3, 0.4) is 0 Å². The minimum Gasteiger partial charge on any atom is -0.482 e. The number of rotatable bonds is 15. The Bertz CT molecular complexity index is 1090. The number of quaternary nitrogens is 1. The van der Waals surface area contributed by atoms with E-state index in [1.54, 1.807) is 0 Å². The molecule has 1 heterocycles. The number of ether oxygens (including phenoxy) is 3. The molecule has 0 spiro atoms. The number of likely N-dealkylation sites (tertiary alicyclic amines) is 1. The average Bonchev–Trinajstić information content (AvgIpc) is 2.91. The molecule has 10 heteroatoms. The topological polar surface area (TPSA) is 131 Å². The van der Waals surface area contributed by atoms with Gasteiger partial charge in [-0.1, -0.05) is 24.3 Å². The Morgan fingerprint density at radius 2 is 1.31 bits per heavy atom. The fraction of sp³-hybridized carbons (Fsp3) is 0.531. The lowest BCUT2D eigenvalue weighted by molar-refractivity contribution is -0.933. The first-order valence-electron chi connectivity index (χ1n) is 14.6. The van der Waals surface area contributed by atoms with Crippen LogP contribution in [0.2, 0.25) is 0 Å². The summed E-state index contributed by atoms with van der Waals surface area (Å²) in [6.45, 7) is 8.73. The van der Waals surface area contributed by atoms with Crippen molar-refractivity contribution in [3.8, 4) is 11.5 Å². The lowest BCUT2D eigenvalue weighted by atomic mass is 9.99. The molecule has 0 aromatic heterocycles. The molecular formula is C32H45N2O8+. The first-order chi connectivity index (χ1) is 19.9. The van der Waals surface area contributed by atoms with E-state index < -0.39 is 17.5 Å². The van der Waals surface area contributed by atoms with Gasteiger partial charge in [-0.3, -0.25) is 0 Å². The summed E-state index contributed by atoms with van der Waals surface area (Å²) in [4.78, 5) is 34.0. The van der Waals surface area contributed by atoms with Crippen LogP contribution >= 0.6 is 0 Å². The predicted octanol–water partition coefficient (Wildman–Crippen LogP) is 4.68. The van der Waals surface area contributed by atoms with Crippen LogP contribution in [0.15, 0.2) is 48.5 Å². The number of alkyl carbamates (subject to hydrolysis) is 1. The highest BCUT2D eigenvalue weighted by atomic mass is 16.6. The van der Waals surface area contributed by atoms with E-state index in [1.807, 2.05) is 69.3 Å². The van der Waals surface area contributed by atoms with E-state index in [1.165, 1.54) is 11.1 Å². The van der Waals surface area contributed by atoms with Crippen LogP contribution in [0.25, 0.3) is 0 Å². The Hall–Kier alpha value is -3.79. The quantitative estimate of drug-likeness (QED) is 0.257. The maximum absolute atomic E-state index is 12.5. The first-order valence-corrected chi connectivity index (χ1v) is 14.6. The third kappa shape index (κ3) is 12.0. The number of aliphatic carboxylic acids is 2. The lowest BCUT2D eigenvalue weighted by Crippen LogP contribution is -2.60. The summed E-state index contributed by atoms with van der Waals surface area (Å²) in [6.07, 6.45) is 5.31. The molecule has 0 unspecified atom stereocenters. The van der Waals surface area contributed by atoms with Crippen molar-refractivity contribution < 1.29 is 43.3 Å². The van der Waals surface area contributed by atoms with Gasteiger partial charge in [-0.15, -0.1) is 0 Å². The summed E-state index contributed by atoms with van der Waals surface area (Å²) in [7, 11) is 0. The van der Waals surface area contributed by atoms with E-state index in [-0.39, 0.29) is 25.3 Å². The zero-order chi connectivity index (χ0) is 30.6. The van der Waals surface area contributed by atoms with Gasteiger partial charge in [0, 0.05) is 12.8 Å². The summed E-state index contributed by atoms with van der Waals surface area (Å²) in [6, 6.07) is 15.2. The largest absolute Gasteiger partial charge is 0.482 e. The van der Waals surface area contributed by atoms with Gasteiger partial charge in [-0.25, -0.2) is 14.4 Å². The van der Waals surface area contributed by atoms with Crippen LogP contribution in [0, 0.1) is 0 Å². The number of carbonyl (C=O) groups is 3. The molecule has 0 radical (unpaired) electrons. The molecule has 2 aromatic carbocycles. The van der Waals surface area contributed by atoms with Crippen LogP contribution in [-0.2, 0) is 27.2 Å². The fourth-order valence-electron chi connectivity index (χ4n) is 5.47. The standard InChI is InChI=1S/C32H44N2O8/c1-32(2,3)42-31(39)33-26-9-6-20-34(21-26,18-4-7-24-10-14-27(15-11-24)40-22-29(35)36)19-5-8-25-12-16-28(17-13-25)41-23-30(37)38/h10-17,26H,4-9,18-23H2,1-3H3,(H2-,33,35,36,37,38,39)/p+1/t26-/m0/s1. The normalized spacial score (nSPS) is 16.3. The molecule has 230 valence electrons. The molecule has 3 rings (SSSR count). The SMILES string of the molecule is CC(C)(C)OC(=O)N[C@H]1CCC[N+](CCCc2ccc(OCC(=O)O)cc2)(CCCc2ccc(OCC(=O)O)cc2)C1. The highest BCUT2D eigenvalue weighted by molar-refractivity contribution is 5.69. The van der Waals surface area contributed by atoms with Gasteiger partial charge in [-0.05, 0) is 81.8 Å². The number of carboxylic acid groups (broad SMARTS) is 2. The molecule has 1 aliphatic rings. The monoisotopic (exact) mass is 585 g/mol. The predicted molar refractivity (Wildman–Crippen MR) is 158 cm³/mol. The molecule has 42 heavy (non-hydrogen) atoms. The minimum absolute atomic E-state index is 0.0462. The smallest absolute Gasteiger partial charge is 0.408 e.